The summed E-state index contributed by atoms with van der Waals surface area (Å²) in [5.74, 6) is -0.550. The normalized spacial score (nSPS) is 21.9. The van der Waals surface area contributed by atoms with E-state index in [0.29, 0.717) is 50.1 Å². The van der Waals surface area contributed by atoms with Crippen molar-refractivity contribution in [1.82, 2.24) is 10.2 Å². The van der Waals surface area contributed by atoms with Gasteiger partial charge in [0.1, 0.15) is 5.82 Å². The van der Waals surface area contributed by atoms with Gasteiger partial charge in [0.05, 0.1) is 18.9 Å². The zero-order valence-electron chi connectivity index (χ0n) is 14.3. The maximum Gasteiger partial charge on any atom is 0.251 e. The van der Waals surface area contributed by atoms with Gasteiger partial charge in [-0.25, -0.2) is 4.39 Å². The van der Waals surface area contributed by atoms with E-state index in [9.17, 15) is 9.18 Å². The lowest BCUT2D eigenvalue weighted by Gasteiger charge is -2.29. The van der Waals surface area contributed by atoms with Crippen molar-refractivity contribution in [3.05, 3.63) is 29.6 Å². The number of carbonyl (C=O) groups excluding carboxylic acids is 1. The summed E-state index contributed by atoms with van der Waals surface area (Å²) in [5, 5.41) is 2.95. The maximum atomic E-state index is 14.4. The van der Waals surface area contributed by atoms with Crippen LogP contribution in [0.5, 0.6) is 0 Å². The van der Waals surface area contributed by atoms with Crippen molar-refractivity contribution in [2.24, 2.45) is 0 Å². The number of nitrogens with one attached hydrogen (secondary N) is 1. The minimum absolute atomic E-state index is 0.203. The number of morpholine rings is 1. The number of amides is 1. The Labute approximate surface area is 142 Å². The number of hydrogen-bond acceptors (Lipinski definition) is 4. The van der Waals surface area contributed by atoms with Crippen LogP contribution in [0.3, 0.4) is 0 Å². The fraction of sp³-hybridized carbons (Fsp3) is 0.611. The van der Waals surface area contributed by atoms with Gasteiger partial charge < -0.3 is 15.0 Å². The molecule has 3 rings (SSSR count). The molecule has 0 radical (unpaired) electrons. The lowest BCUT2D eigenvalue weighted by atomic mass is 10.1. The number of anilines is 1. The Bertz CT molecular complexity index is 575. The van der Waals surface area contributed by atoms with Crippen LogP contribution in [-0.4, -0.2) is 62.8 Å². The molecule has 1 amide bonds. The number of benzene rings is 1. The number of ether oxygens (including phenoxy) is 1. The highest BCUT2D eigenvalue weighted by atomic mass is 19.1. The second kappa shape index (κ2) is 7.94. The molecule has 0 bridgehead atoms. The molecule has 0 aromatic heterocycles. The molecular formula is C18H26FN3O2. The molecule has 0 aliphatic carbocycles. The molecule has 5 nitrogen and oxygen atoms in total. The van der Waals surface area contributed by atoms with Gasteiger partial charge in [-0.3, -0.25) is 9.69 Å². The molecule has 24 heavy (non-hydrogen) atoms. The van der Waals surface area contributed by atoms with Gasteiger partial charge in [-0.1, -0.05) is 6.92 Å². The second-order valence-electron chi connectivity index (χ2n) is 6.40. The summed E-state index contributed by atoms with van der Waals surface area (Å²) < 4.78 is 19.7. The van der Waals surface area contributed by atoms with Crippen LogP contribution in [0.4, 0.5) is 10.1 Å². The van der Waals surface area contributed by atoms with Gasteiger partial charge in [0.15, 0.2) is 0 Å². The molecule has 1 aromatic carbocycles. The van der Waals surface area contributed by atoms with Gasteiger partial charge in [0, 0.05) is 31.2 Å². The van der Waals surface area contributed by atoms with Crippen molar-refractivity contribution in [1.29, 1.82) is 0 Å². The molecule has 2 saturated heterocycles. The number of nitrogens with zero attached hydrogens (tertiary/aromatic N) is 2. The van der Waals surface area contributed by atoms with Crippen LogP contribution in [0.25, 0.3) is 0 Å². The molecule has 132 valence electrons. The van der Waals surface area contributed by atoms with Crippen LogP contribution in [0, 0.1) is 5.82 Å². The van der Waals surface area contributed by atoms with E-state index in [1.165, 1.54) is 12.5 Å². The number of carbonyl (C=O) groups is 1. The smallest absolute Gasteiger partial charge is 0.251 e. The van der Waals surface area contributed by atoms with Crippen LogP contribution >= 0.6 is 0 Å². The lowest BCUT2D eigenvalue weighted by Crippen LogP contribution is -2.40. The largest absolute Gasteiger partial charge is 0.378 e. The van der Waals surface area contributed by atoms with E-state index in [1.54, 1.807) is 12.1 Å². The predicted octanol–water partition coefficient (Wildman–Crippen LogP) is 1.88. The Balaban J connectivity index is 1.59. The van der Waals surface area contributed by atoms with Gasteiger partial charge in [-0.05, 0) is 44.1 Å². The van der Waals surface area contributed by atoms with Crippen LogP contribution < -0.4 is 10.2 Å². The number of rotatable bonds is 5. The number of halogens is 1. The van der Waals surface area contributed by atoms with E-state index >= 15 is 0 Å². The summed E-state index contributed by atoms with van der Waals surface area (Å²) in [4.78, 5) is 16.6. The minimum atomic E-state index is -0.347. The third-order valence-corrected chi connectivity index (χ3v) is 4.97. The van der Waals surface area contributed by atoms with Crippen LogP contribution in [0.2, 0.25) is 0 Å². The molecule has 2 aliphatic rings. The van der Waals surface area contributed by atoms with Crippen LogP contribution in [0.1, 0.15) is 30.1 Å². The van der Waals surface area contributed by atoms with E-state index < -0.39 is 0 Å². The Morgan fingerprint density at radius 1 is 1.33 bits per heavy atom. The third-order valence-electron chi connectivity index (χ3n) is 4.97. The van der Waals surface area contributed by atoms with Gasteiger partial charge in [-0.15, -0.1) is 0 Å². The first kappa shape index (κ1) is 17.2. The van der Waals surface area contributed by atoms with Gasteiger partial charge in [0.25, 0.3) is 5.91 Å². The van der Waals surface area contributed by atoms with Gasteiger partial charge in [0.2, 0.25) is 0 Å². The van der Waals surface area contributed by atoms with E-state index in [4.69, 9.17) is 4.74 Å². The first-order valence-electron chi connectivity index (χ1n) is 8.83. The van der Waals surface area contributed by atoms with Crippen molar-refractivity contribution < 1.29 is 13.9 Å². The molecule has 6 heteroatoms. The molecule has 1 aromatic rings. The highest BCUT2D eigenvalue weighted by molar-refractivity contribution is 5.94. The lowest BCUT2D eigenvalue weighted by molar-refractivity contribution is 0.0941. The molecule has 2 heterocycles. The SMILES string of the molecule is CCN1CCC[C@@H]1CNC(=O)c1ccc(N2CCOCC2)c(F)c1. The molecular weight excluding hydrogens is 309 g/mol. The van der Waals surface area contributed by atoms with E-state index in [0.717, 1.165) is 19.5 Å². The maximum absolute atomic E-state index is 14.4. The quantitative estimate of drug-likeness (QED) is 0.892. The van der Waals surface area contributed by atoms with Crippen LogP contribution in [0.15, 0.2) is 18.2 Å². The zero-order chi connectivity index (χ0) is 16.9. The second-order valence-corrected chi connectivity index (χ2v) is 6.40. The average molecular weight is 335 g/mol. The Morgan fingerprint density at radius 2 is 2.12 bits per heavy atom. The number of likely N-dealkylation sites (tertiary alicyclic amines) is 1. The average Bonchev–Trinajstić information content (AvgIpc) is 3.08. The van der Waals surface area contributed by atoms with Gasteiger partial charge in [-0.2, -0.15) is 0 Å². The van der Waals surface area contributed by atoms with E-state index in [1.807, 2.05) is 4.90 Å². The molecule has 0 spiro atoms. The first-order valence-corrected chi connectivity index (χ1v) is 8.83. The molecule has 0 saturated carbocycles. The summed E-state index contributed by atoms with van der Waals surface area (Å²) in [6.45, 7) is 7.44. The fourth-order valence-corrected chi connectivity index (χ4v) is 3.56. The highest BCUT2D eigenvalue weighted by Gasteiger charge is 2.23. The molecule has 2 aliphatic heterocycles. The Hall–Kier alpha value is -1.66. The Morgan fingerprint density at radius 3 is 2.83 bits per heavy atom. The van der Waals surface area contributed by atoms with Crippen molar-refractivity contribution in [2.75, 3.05) is 50.8 Å². The van der Waals surface area contributed by atoms with E-state index in [2.05, 4.69) is 17.1 Å². The summed E-state index contributed by atoms with van der Waals surface area (Å²) in [5.41, 5.74) is 0.924. The third kappa shape index (κ3) is 3.87. The highest BCUT2D eigenvalue weighted by Crippen LogP contribution is 2.22. The summed E-state index contributed by atoms with van der Waals surface area (Å²) in [7, 11) is 0. The minimum Gasteiger partial charge on any atom is -0.378 e. The molecule has 2 fully saturated rings. The number of hydrogen-bond donors (Lipinski definition) is 1. The van der Waals surface area contributed by atoms with Gasteiger partial charge >= 0.3 is 0 Å². The standard InChI is InChI=1S/C18H26FN3O2/c1-2-21-7-3-4-15(21)13-20-18(23)14-5-6-17(16(19)12-14)22-8-10-24-11-9-22/h5-6,12,15H,2-4,7-11,13H2,1H3,(H,20,23)/t15-/m1/s1. The predicted molar refractivity (Wildman–Crippen MR) is 92.0 cm³/mol. The zero-order valence-corrected chi connectivity index (χ0v) is 14.3. The Kier molecular flexibility index (Phi) is 5.68. The summed E-state index contributed by atoms with van der Waals surface area (Å²) in [6.07, 6.45) is 2.29. The first-order chi connectivity index (χ1) is 11.7. The topological polar surface area (TPSA) is 44.8 Å². The molecule has 1 atom stereocenters. The molecule has 1 N–H and O–H groups in total. The van der Waals surface area contributed by atoms with Crippen molar-refractivity contribution >= 4 is 11.6 Å². The summed E-state index contributed by atoms with van der Waals surface area (Å²) >= 11 is 0. The fourth-order valence-electron chi connectivity index (χ4n) is 3.56. The monoisotopic (exact) mass is 335 g/mol. The van der Waals surface area contributed by atoms with Crippen LogP contribution in [-0.2, 0) is 4.74 Å². The van der Waals surface area contributed by atoms with Crippen molar-refractivity contribution in [3.63, 3.8) is 0 Å². The summed E-state index contributed by atoms with van der Waals surface area (Å²) in [6, 6.07) is 5.14. The van der Waals surface area contributed by atoms with Crippen molar-refractivity contribution in [2.45, 2.75) is 25.8 Å². The van der Waals surface area contributed by atoms with Crippen molar-refractivity contribution in [3.8, 4) is 0 Å². The van der Waals surface area contributed by atoms with E-state index in [-0.39, 0.29) is 11.7 Å². The molecule has 0 unspecified atom stereocenters. The number of likely N-dealkylation sites (N-methyl/N-ethyl adjacent to an activating group) is 1.